The van der Waals surface area contributed by atoms with Gasteiger partial charge < -0.3 is 24.6 Å². The highest BCUT2D eigenvalue weighted by atomic mass is 16.5. The molecule has 3 aromatic rings. The number of pyridine rings is 1. The Hall–Kier alpha value is -3.89. The van der Waals surface area contributed by atoms with Crippen molar-refractivity contribution in [3.63, 3.8) is 0 Å². The maximum atomic E-state index is 13.5. The zero-order valence-electron chi connectivity index (χ0n) is 21.6. The number of aliphatic hydroxyl groups is 1. The van der Waals surface area contributed by atoms with Crippen LogP contribution in [0.25, 0.3) is 11.4 Å². The van der Waals surface area contributed by atoms with Gasteiger partial charge in [-0.25, -0.2) is 4.98 Å². The van der Waals surface area contributed by atoms with Crippen molar-refractivity contribution in [2.75, 3.05) is 46.0 Å². The van der Waals surface area contributed by atoms with Gasteiger partial charge in [-0.15, -0.1) is 0 Å². The summed E-state index contributed by atoms with van der Waals surface area (Å²) < 4.78 is 12.7. The number of phenolic OH excluding ortho intramolecular Hbond substituents is 1. The summed E-state index contributed by atoms with van der Waals surface area (Å²) in [7, 11) is 0. The van der Waals surface area contributed by atoms with Gasteiger partial charge in [0, 0.05) is 32.4 Å². The van der Waals surface area contributed by atoms with E-state index in [0.717, 1.165) is 19.6 Å². The van der Waals surface area contributed by atoms with Gasteiger partial charge in [0.1, 0.15) is 11.3 Å². The first-order valence-corrected chi connectivity index (χ1v) is 12.9. The number of carbonyl (C=O) groups excluding carboxylic acids is 2. The van der Waals surface area contributed by atoms with E-state index in [1.165, 1.54) is 11.0 Å². The first-order valence-electron chi connectivity index (χ1n) is 12.9. The van der Waals surface area contributed by atoms with Crippen LogP contribution in [-0.2, 0) is 14.3 Å². The number of aromatic hydroxyl groups is 1. The summed E-state index contributed by atoms with van der Waals surface area (Å²) in [5.41, 5.74) is 2.06. The minimum absolute atomic E-state index is 0.0109. The molecule has 1 atom stereocenters. The molecule has 0 bridgehead atoms. The smallest absolute Gasteiger partial charge is 0.295 e. The predicted molar refractivity (Wildman–Crippen MR) is 140 cm³/mol. The van der Waals surface area contributed by atoms with Gasteiger partial charge >= 0.3 is 0 Å². The first kappa shape index (κ1) is 25.7. The van der Waals surface area contributed by atoms with Gasteiger partial charge in [0.15, 0.2) is 17.3 Å². The molecule has 2 aromatic heterocycles. The van der Waals surface area contributed by atoms with E-state index in [2.05, 4.69) is 9.88 Å². The lowest BCUT2D eigenvalue weighted by Crippen LogP contribution is -2.39. The second-order valence-electron chi connectivity index (χ2n) is 9.43. The molecule has 10 nitrogen and oxygen atoms in total. The highest BCUT2D eigenvalue weighted by Gasteiger charge is 2.46. The van der Waals surface area contributed by atoms with Crippen molar-refractivity contribution >= 4 is 23.1 Å². The van der Waals surface area contributed by atoms with Crippen molar-refractivity contribution in [1.82, 2.24) is 19.2 Å². The Morgan fingerprint density at radius 3 is 2.71 bits per heavy atom. The Balaban J connectivity index is 1.58. The number of benzene rings is 1. The first-order chi connectivity index (χ1) is 18.4. The Labute approximate surface area is 220 Å². The van der Waals surface area contributed by atoms with Crippen LogP contribution in [0.5, 0.6) is 11.5 Å². The molecule has 10 heteroatoms. The van der Waals surface area contributed by atoms with Crippen LogP contribution in [0.2, 0.25) is 0 Å². The van der Waals surface area contributed by atoms with Gasteiger partial charge in [0.2, 0.25) is 0 Å². The number of nitrogens with zero attached hydrogens (tertiary/aromatic N) is 4. The number of morpholine rings is 1. The molecule has 5 rings (SSSR count). The molecule has 2 aliphatic heterocycles. The third-order valence-corrected chi connectivity index (χ3v) is 7.04. The highest BCUT2D eigenvalue weighted by Crippen LogP contribution is 2.42. The number of fused-ring (bicyclic) bond motifs is 1. The number of imidazole rings is 1. The molecule has 2 aliphatic rings. The molecule has 1 aromatic carbocycles. The van der Waals surface area contributed by atoms with E-state index >= 15 is 0 Å². The Morgan fingerprint density at radius 1 is 1.16 bits per heavy atom. The molecule has 2 fully saturated rings. The van der Waals surface area contributed by atoms with Crippen molar-refractivity contribution in [3.05, 3.63) is 65.1 Å². The summed E-state index contributed by atoms with van der Waals surface area (Å²) in [5, 5.41) is 21.9. The van der Waals surface area contributed by atoms with Crippen molar-refractivity contribution in [3.8, 4) is 11.5 Å². The molecule has 4 heterocycles. The second kappa shape index (κ2) is 10.8. The lowest BCUT2D eigenvalue weighted by atomic mass is 9.95. The summed E-state index contributed by atoms with van der Waals surface area (Å²) in [6.07, 6.45) is 2.40. The van der Waals surface area contributed by atoms with Crippen LogP contribution in [0, 0.1) is 6.92 Å². The second-order valence-corrected chi connectivity index (χ2v) is 9.43. The standard InChI is InChI=1S/C28H32N4O6/c1-3-38-21-17-19(8-9-20(21)33)25-23(26(34)24-18(2)29-22-7-4-5-11-31(22)24)27(35)28(36)32(25)12-6-10-30-13-15-37-16-14-30/h4-5,7-9,11,17,25,33-34H,3,6,10,12-16H2,1-2H3/b26-23+. The SMILES string of the molecule is CCOc1cc(C2/C(=C(\O)c3c(C)nc4ccccn34)C(=O)C(=O)N2CCCN2CCOCC2)ccc1O. The highest BCUT2D eigenvalue weighted by molar-refractivity contribution is 6.46. The molecule has 0 spiro atoms. The van der Waals surface area contributed by atoms with Gasteiger partial charge in [-0.2, -0.15) is 0 Å². The molecule has 0 radical (unpaired) electrons. The van der Waals surface area contributed by atoms with Crippen LogP contribution in [0.4, 0.5) is 0 Å². The van der Waals surface area contributed by atoms with E-state index in [-0.39, 0.29) is 22.8 Å². The van der Waals surface area contributed by atoms with E-state index in [1.54, 1.807) is 48.7 Å². The molecule has 2 saturated heterocycles. The van der Waals surface area contributed by atoms with Crippen molar-refractivity contribution in [1.29, 1.82) is 0 Å². The number of ketones is 1. The Bertz CT molecular complexity index is 1390. The summed E-state index contributed by atoms with van der Waals surface area (Å²) in [5.74, 6) is -1.51. The van der Waals surface area contributed by atoms with Gasteiger partial charge in [-0.3, -0.25) is 18.9 Å². The molecule has 1 unspecified atom stereocenters. The minimum atomic E-state index is -0.854. The molecular weight excluding hydrogens is 488 g/mol. The van der Waals surface area contributed by atoms with Gasteiger partial charge in [-0.1, -0.05) is 12.1 Å². The largest absolute Gasteiger partial charge is 0.505 e. The van der Waals surface area contributed by atoms with E-state index < -0.39 is 17.7 Å². The fourth-order valence-corrected chi connectivity index (χ4v) is 5.24. The van der Waals surface area contributed by atoms with Crippen molar-refractivity contribution in [2.24, 2.45) is 0 Å². The number of aromatic nitrogens is 2. The fraction of sp³-hybridized carbons (Fsp3) is 0.393. The van der Waals surface area contributed by atoms with Crippen LogP contribution >= 0.6 is 0 Å². The average molecular weight is 521 g/mol. The van der Waals surface area contributed by atoms with Crippen LogP contribution < -0.4 is 4.74 Å². The number of carbonyl (C=O) groups is 2. The number of phenols is 1. The average Bonchev–Trinajstić information content (AvgIpc) is 3.38. The van der Waals surface area contributed by atoms with E-state index in [0.29, 0.717) is 55.4 Å². The molecular formula is C28H32N4O6. The number of rotatable bonds is 8. The van der Waals surface area contributed by atoms with Gasteiger partial charge in [0.25, 0.3) is 11.7 Å². The fourth-order valence-electron chi connectivity index (χ4n) is 5.24. The molecule has 2 N–H and O–H groups in total. The summed E-state index contributed by atoms with van der Waals surface area (Å²) in [4.78, 5) is 35.1. The predicted octanol–water partition coefficient (Wildman–Crippen LogP) is 2.89. The third kappa shape index (κ3) is 4.72. The third-order valence-electron chi connectivity index (χ3n) is 7.04. The number of aliphatic hydroxyl groups excluding tert-OH is 1. The minimum Gasteiger partial charge on any atom is -0.505 e. The Kier molecular flexibility index (Phi) is 7.35. The molecule has 200 valence electrons. The monoisotopic (exact) mass is 520 g/mol. The topological polar surface area (TPSA) is 117 Å². The van der Waals surface area contributed by atoms with Gasteiger partial charge in [0.05, 0.1) is 37.1 Å². The number of hydrogen-bond acceptors (Lipinski definition) is 8. The molecule has 38 heavy (non-hydrogen) atoms. The van der Waals surface area contributed by atoms with Crippen LogP contribution in [0.3, 0.4) is 0 Å². The van der Waals surface area contributed by atoms with E-state index in [4.69, 9.17) is 9.47 Å². The summed E-state index contributed by atoms with van der Waals surface area (Å²) >= 11 is 0. The maximum absolute atomic E-state index is 13.5. The van der Waals surface area contributed by atoms with E-state index in [9.17, 15) is 19.8 Å². The number of amides is 1. The summed E-state index contributed by atoms with van der Waals surface area (Å²) in [6, 6.07) is 9.35. The summed E-state index contributed by atoms with van der Waals surface area (Å²) in [6.45, 7) is 7.97. The van der Waals surface area contributed by atoms with Crippen LogP contribution in [0.15, 0.2) is 48.2 Å². The van der Waals surface area contributed by atoms with Crippen LogP contribution in [-0.4, -0.2) is 87.1 Å². The molecule has 1 amide bonds. The zero-order chi connectivity index (χ0) is 26.8. The number of Topliss-reactive ketones (excluding diaryl/α,β-unsaturated/α-hetero) is 1. The zero-order valence-corrected chi connectivity index (χ0v) is 21.6. The number of ether oxygens (including phenoxy) is 2. The normalized spacial score (nSPS) is 19.9. The maximum Gasteiger partial charge on any atom is 0.295 e. The molecule has 0 aliphatic carbocycles. The number of likely N-dealkylation sites (tertiary alicyclic amines) is 1. The van der Waals surface area contributed by atoms with E-state index in [1.807, 2.05) is 6.07 Å². The van der Waals surface area contributed by atoms with Crippen molar-refractivity contribution < 1.29 is 29.3 Å². The quantitative estimate of drug-likeness (QED) is 0.265. The van der Waals surface area contributed by atoms with Crippen LogP contribution in [0.1, 0.15) is 36.3 Å². The Morgan fingerprint density at radius 2 is 1.95 bits per heavy atom. The number of aryl methyl sites for hydroxylation is 1. The van der Waals surface area contributed by atoms with Gasteiger partial charge in [-0.05, 0) is 50.1 Å². The lowest BCUT2D eigenvalue weighted by Gasteiger charge is -2.29. The lowest BCUT2D eigenvalue weighted by molar-refractivity contribution is -0.140. The number of hydrogen-bond donors (Lipinski definition) is 2. The molecule has 0 saturated carbocycles. The van der Waals surface area contributed by atoms with Crippen molar-refractivity contribution in [2.45, 2.75) is 26.3 Å².